The molecule has 0 saturated carbocycles. The minimum atomic E-state index is 0.728. The van der Waals surface area contributed by atoms with Crippen LogP contribution in [-0.4, -0.2) is 13.1 Å². The fourth-order valence-corrected chi connectivity index (χ4v) is 2.36. The number of para-hydroxylation sites is 2. The molecule has 21 heavy (non-hydrogen) atoms. The first-order chi connectivity index (χ1) is 10.3. The second kappa shape index (κ2) is 7.34. The minimum absolute atomic E-state index is 0.728. The third-order valence-electron chi connectivity index (χ3n) is 3.39. The largest absolute Gasteiger partial charge is 0.329 e. The summed E-state index contributed by atoms with van der Waals surface area (Å²) in [6.07, 6.45) is 1.90. The molecule has 0 heterocycles. The molecule has 0 spiro atoms. The zero-order valence-corrected chi connectivity index (χ0v) is 12.6. The van der Waals surface area contributed by atoms with Gasteiger partial charge in [0.2, 0.25) is 0 Å². The van der Waals surface area contributed by atoms with Crippen molar-refractivity contribution in [3.8, 4) is 0 Å². The van der Waals surface area contributed by atoms with Gasteiger partial charge in [0.1, 0.15) is 5.82 Å². The van der Waals surface area contributed by atoms with Crippen molar-refractivity contribution in [2.75, 3.05) is 22.9 Å². The molecule has 0 aliphatic heterocycles. The van der Waals surface area contributed by atoms with E-state index in [2.05, 4.69) is 54.1 Å². The van der Waals surface area contributed by atoms with Gasteiger partial charge in [0.25, 0.3) is 0 Å². The van der Waals surface area contributed by atoms with E-state index < -0.39 is 0 Å². The highest BCUT2D eigenvalue weighted by Gasteiger charge is 2.15. The molecule has 2 aromatic carbocycles. The molecule has 2 heteroatoms. The molecule has 2 rings (SSSR count). The molecule has 0 saturated heterocycles. The standard InChI is InChI=1S/C19H22N2/c1-4-16-21(19-14-10-7-11-15-19)17(3)20(5-2)18-12-8-6-9-13-18/h4,6-15H,1,3,5,16H2,2H3. The highest BCUT2D eigenvalue weighted by molar-refractivity contribution is 5.60. The summed E-state index contributed by atoms with van der Waals surface area (Å²) < 4.78 is 0. The van der Waals surface area contributed by atoms with Crippen molar-refractivity contribution in [1.29, 1.82) is 0 Å². The van der Waals surface area contributed by atoms with Gasteiger partial charge in [-0.05, 0) is 31.2 Å². The van der Waals surface area contributed by atoms with Gasteiger partial charge in [-0.2, -0.15) is 0 Å². The number of hydrogen-bond acceptors (Lipinski definition) is 2. The molecular formula is C19H22N2. The monoisotopic (exact) mass is 278 g/mol. The predicted molar refractivity (Wildman–Crippen MR) is 92.6 cm³/mol. The van der Waals surface area contributed by atoms with E-state index in [1.165, 1.54) is 0 Å². The van der Waals surface area contributed by atoms with Crippen LogP contribution in [0, 0.1) is 0 Å². The van der Waals surface area contributed by atoms with E-state index in [4.69, 9.17) is 0 Å². The van der Waals surface area contributed by atoms with E-state index in [0.717, 1.165) is 30.3 Å². The van der Waals surface area contributed by atoms with Crippen LogP contribution in [0.2, 0.25) is 0 Å². The molecular weight excluding hydrogens is 256 g/mol. The average molecular weight is 278 g/mol. The van der Waals surface area contributed by atoms with Crippen molar-refractivity contribution >= 4 is 11.4 Å². The number of anilines is 2. The van der Waals surface area contributed by atoms with Crippen LogP contribution < -0.4 is 9.80 Å². The van der Waals surface area contributed by atoms with Crippen molar-refractivity contribution in [2.24, 2.45) is 0 Å². The molecule has 0 bridgehead atoms. The van der Waals surface area contributed by atoms with Gasteiger partial charge < -0.3 is 9.80 Å². The highest BCUT2D eigenvalue weighted by atomic mass is 15.3. The van der Waals surface area contributed by atoms with E-state index >= 15 is 0 Å². The number of benzene rings is 2. The van der Waals surface area contributed by atoms with Gasteiger partial charge in [0.05, 0.1) is 0 Å². The van der Waals surface area contributed by atoms with Gasteiger partial charge in [-0.15, -0.1) is 6.58 Å². The van der Waals surface area contributed by atoms with E-state index in [-0.39, 0.29) is 0 Å². The van der Waals surface area contributed by atoms with E-state index in [1.807, 2.05) is 42.5 Å². The maximum Gasteiger partial charge on any atom is 0.106 e. The van der Waals surface area contributed by atoms with Crippen LogP contribution in [0.4, 0.5) is 11.4 Å². The quantitative estimate of drug-likeness (QED) is 0.679. The minimum Gasteiger partial charge on any atom is -0.329 e. The molecule has 0 aromatic heterocycles. The fourth-order valence-electron chi connectivity index (χ4n) is 2.36. The first-order valence-corrected chi connectivity index (χ1v) is 7.23. The fraction of sp³-hybridized carbons (Fsp3) is 0.158. The van der Waals surface area contributed by atoms with Gasteiger partial charge in [0, 0.05) is 24.5 Å². The number of hydrogen-bond donors (Lipinski definition) is 0. The zero-order valence-electron chi connectivity index (χ0n) is 12.6. The lowest BCUT2D eigenvalue weighted by Crippen LogP contribution is -2.35. The molecule has 2 nitrogen and oxygen atoms in total. The highest BCUT2D eigenvalue weighted by Crippen LogP contribution is 2.24. The Balaban J connectivity index is 2.31. The lowest BCUT2D eigenvalue weighted by atomic mass is 10.2. The molecule has 0 unspecified atom stereocenters. The SMILES string of the molecule is C=CCN(C(=C)N(CC)c1ccccc1)c1ccccc1. The Morgan fingerprint density at radius 2 is 1.38 bits per heavy atom. The Labute approximate surface area is 127 Å². The van der Waals surface area contributed by atoms with Gasteiger partial charge in [0.15, 0.2) is 0 Å². The van der Waals surface area contributed by atoms with Gasteiger partial charge in [-0.3, -0.25) is 0 Å². The zero-order chi connectivity index (χ0) is 15.1. The molecule has 0 atom stereocenters. The van der Waals surface area contributed by atoms with Gasteiger partial charge in [-0.1, -0.05) is 49.1 Å². The van der Waals surface area contributed by atoms with Crippen LogP contribution in [-0.2, 0) is 0 Å². The smallest absolute Gasteiger partial charge is 0.106 e. The van der Waals surface area contributed by atoms with Crippen LogP contribution in [0.3, 0.4) is 0 Å². The lowest BCUT2D eigenvalue weighted by Gasteiger charge is -2.34. The Hall–Kier alpha value is -2.48. The van der Waals surface area contributed by atoms with Crippen molar-refractivity contribution < 1.29 is 0 Å². The summed E-state index contributed by atoms with van der Waals surface area (Å²) in [7, 11) is 0. The summed E-state index contributed by atoms with van der Waals surface area (Å²) in [5.74, 6) is 0.954. The Morgan fingerprint density at radius 1 is 0.905 bits per heavy atom. The molecule has 0 radical (unpaired) electrons. The Kier molecular flexibility index (Phi) is 5.22. The van der Waals surface area contributed by atoms with Crippen molar-refractivity contribution in [3.63, 3.8) is 0 Å². The summed E-state index contributed by atoms with van der Waals surface area (Å²) in [5.41, 5.74) is 2.27. The van der Waals surface area contributed by atoms with Crippen LogP contribution in [0.15, 0.2) is 85.7 Å². The average Bonchev–Trinajstić information content (AvgIpc) is 2.55. The first kappa shape index (κ1) is 14.9. The summed E-state index contributed by atoms with van der Waals surface area (Å²) in [6, 6.07) is 20.6. The van der Waals surface area contributed by atoms with Crippen molar-refractivity contribution in [2.45, 2.75) is 6.92 Å². The third-order valence-corrected chi connectivity index (χ3v) is 3.39. The summed E-state index contributed by atoms with van der Waals surface area (Å²) in [6.45, 7) is 11.9. The molecule has 0 N–H and O–H groups in total. The van der Waals surface area contributed by atoms with Crippen molar-refractivity contribution in [1.82, 2.24) is 0 Å². The summed E-state index contributed by atoms with van der Waals surface area (Å²) in [5, 5.41) is 0. The van der Waals surface area contributed by atoms with Gasteiger partial charge >= 0.3 is 0 Å². The topological polar surface area (TPSA) is 6.48 Å². The van der Waals surface area contributed by atoms with Crippen LogP contribution in [0.25, 0.3) is 0 Å². The molecule has 0 aliphatic carbocycles. The van der Waals surface area contributed by atoms with Gasteiger partial charge in [-0.25, -0.2) is 0 Å². The number of rotatable bonds is 7. The summed E-state index contributed by atoms with van der Waals surface area (Å²) >= 11 is 0. The molecule has 0 fully saturated rings. The normalized spacial score (nSPS) is 9.95. The van der Waals surface area contributed by atoms with Crippen LogP contribution in [0.1, 0.15) is 6.92 Å². The molecule has 108 valence electrons. The number of nitrogens with zero attached hydrogens (tertiary/aromatic N) is 2. The summed E-state index contributed by atoms with van der Waals surface area (Å²) in [4.78, 5) is 4.38. The van der Waals surface area contributed by atoms with E-state index in [0.29, 0.717) is 0 Å². The molecule has 0 amide bonds. The maximum atomic E-state index is 4.30. The Bertz CT molecular complexity index is 575. The third kappa shape index (κ3) is 3.54. The predicted octanol–water partition coefficient (Wildman–Crippen LogP) is 4.68. The lowest BCUT2D eigenvalue weighted by molar-refractivity contribution is 0.875. The second-order valence-electron chi connectivity index (χ2n) is 4.73. The molecule has 2 aromatic rings. The van der Waals surface area contributed by atoms with E-state index in [9.17, 15) is 0 Å². The maximum absolute atomic E-state index is 4.30. The van der Waals surface area contributed by atoms with Crippen LogP contribution in [0.5, 0.6) is 0 Å². The van der Waals surface area contributed by atoms with Crippen molar-refractivity contribution in [3.05, 3.63) is 85.7 Å². The first-order valence-electron chi connectivity index (χ1n) is 7.23. The Morgan fingerprint density at radius 3 is 1.81 bits per heavy atom. The second-order valence-corrected chi connectivity index (χ2v) is 4.73. The van der Waals surface area contributed by atoms with E-state index in [1.54, 1.807) is 0 Å². The van der Waals surface area contributed by atoms with Crippen LogP contribution >= 0.6 is 0 Å². The molecule has 0 aliphatic rings.